The van der Waals surface area contributed by atoms with E-state index in [1.807, 2.05) is 24.3 Å². The van der Waals surface area contributed by atoms with Crippen molar-refractivity contribution in [3.63, 3.8) is 0 Å². The van der Waals surface area contributed by atoms with Crippen molar-refractivity contribution >= 4 is 41.3 Å². The zero-order chi connectivity index (χ0) is 20.0. The molecule has 0 unspecified atom stereocenters. The van der Waals surface area contributed by atoms with E-state index in [0.717, 1.165) is 10.6 Å². The van der Waals surface area contributed by atoms with Crippen molar-refractivity contribution in [1.82, 2.24) is 10.6 Å². The lowest BCUT2D eigenvalue weighted by Crippen LogP contribution is -2.46. The van der Waals surface area contributed by atoms with Gasteiger partial charge in [0.2, 0.25) is 5.91 Å². The summed E-state index contributed by atoms with van der Waals surface area (Å²) in [4.78, 5) is 50.1. The number of amides is 4. The summed E-state index contributed by atoms with van der Waals surface area (Å²) in [7, 11) is 0. The van der Waals surface area contributed by atoms with Gasteiger partial charge in [-0.05, 0) is 32.9 Å². The second-order valence-corrected chi connectivity index (χ2v) is 7.32. The number of ether oxygens (including phenoxy) is 1. The number of nitrogens with one attached hydrogen (secondary N) is 2. The minimum absolute atomic E-state index is 0.0550. The fourth-order valence-corrected chi connectivity index (χ4v) is 3.36. The Hall–Kier alpha value is -2.55. The van der Waals surface area contributed by atoms with E-state index in [1.165, 1.54) is 18.7 Å². The SMILES string of the molecule is CC(C)NC(=O)NC(=O)[C@H](C)OC(=O)CCN1C(=O)CSc2ccccc21. The average Bonchev–Trinajstić information content (AvgIpc) is 2.60. The van der Waals surface area contributed by atoms with Crippen molar-refractivity contribution in [1.29, 1.82) is 0 Å². The molecule has 0 bridgehead atoms. The van der Waals surface area contributed by atoms with Crippen LogP contribution in [0.3, 0.4) is 0 Å². The number of hydrogen-bond acceptors (Lipinski definition) is 6. The van der Waals surface area contributed by atoms with Crippen molar-refractivity contribution in [2.75, 3.05) is 17.2 Å². The maximum Gasteiger partial charge on any atom is 0.321 e. The van der Waals surface area contributed by atoms with Crippen LogP contribution in [0, 0.1) is 0 Å². The van der Waals surface area contributed by atoms with Gasteiger partial charge >= 0.3 is 12.0 Å². The third-order valence-electron chi connectivity index (χ3n) is 3.68. The molecule has 146 valence electrons. The molecule has 0 radical (unpaired) electrons. The topological polar surface area (TPSA) is 105 Å². The van der Waals surface area contributed by atoms with Gasteiger partial charge in [0.1, 0.15) is 0 Å². The van der Waals surface area contributed by atoms with Gasteiger partial charge in [-0.25, -0.2) is 4.79 Å². The Morgan fingerprint density at radius 1 is 1.22 bits per heavy atom. The number of fused-ring (bicyclic) bond motifs is 1. The van der Waals surface area contributed by atoms with Gasteiger partial charge in [0.25, 0.3) is 5.91 Å². The van der Waals surface area contributed by atoms with Crippen LogP contribution in [0.15, 0.2) is 29.2 Å². The Morgan fingerprint density at radius 3 is 2.63 bits per heavy atom. The van der Waals surface area contributed by atoms with E-state index in [4.69, 9.17) is 4.74 Å². The van der Waals surface area contributed by atoms with Gasteiger partial charge in [-0.2, -0.15) is 0 Å². The van der Waals surface area contributed by atoms with E-state index in [9.17, 15) is 19.2 Å². The summed E-state index contributed by atoms with van der Waals surface area (Å²) in [6.45, 7) is 5.06. The van der Waals surface area contributed by atoms with Crippen molar-refractivity contribution in [3.05, 3.63) is 24.3 Å². The Morgan fingerprint density at radius 2 is 1.93 bits per heavy atom. The lowest BCUT2D eigenvalue weighted by molar-refractivity contribution is -0.154. The molecule has 2 N–H and O–H groups in total. The number of nitrogens with zero attached hydrogens (tertiary/aromatic N) is 1. The molecule has 1 aromatic carbocycles. The first-order valence-electron chi connectivity index (χ1n) is 8.61. The number of imide groups is 1. The molecule has 1 aromatic rings. The first kappa shape index (κ1) is 20.8. The third-order valence-corrected chi connectivity index (χ3v) is 4.73. The molecule has 1 aliphatic heterocycles. The molecule has 0 saturated heterocycles. The summed E-state index contributed by atoms with van der Waals surface area (Å²) in [5, 5.41) is 4.62. The van der Waals surface area contributed by atoms with E-state index in [2.05, 4.69) is 10.6 Å². The van der Waals surface area contributed by atoms with Crippen LogP contribution in [0.5, 0.6) is 0 Å². The van der Waals surface area contributed by atoms with Gasteiger partial charge in [-0.1, -0.05) is 12.1 Å². The minimum Gasteiger partial charge on any atom is -0.452 e. The van der Waals surface area contributed by atoms with Crippen LogP contribution >= 0.6 is 11.8 Å². The molecule has 0 aliphatic carbocycles. The van der Waals surface area contributed by atoms with Crippen molar-refractivity contribution in [2.24, 2.45) is 0 Å². The van der Waals surface area contributed by atoms with Crippen LogP contribution in [0.4, 0.5) is 10.5 Å². The van der Waals surface area contributed by atoms with E-state index < -0.39 is 24.0 Å². The van der Waals surface area contributed by atoms with Gasteiger partial charge in [-0.3, -0.25) is 19.7 Å². The quantitative estimate of drug-likeness (QED) is 0.713. The van der Waals surface area contributed by atoms with Gasteiger partial charge in [-0.15, -0.1) is 11.8 Å². The Labute approximate surface area is 162 Å². The molecular formula is C18H23N3O5S. The van der Waals surface area contributed by atoms with Crippen LogP contribution < -0.4 is 15.5 Å². The van der Waals surface area contributed by atoms with Crippen LogP contribution in [0.2, 0.25) is 0 Å². The number of carbonyl (C=O) groups is 4. The predicted molar refractivity (Wildman–Crippen MR) is 102 cm³/mol. The van der Waals surface area contributed by atoms with E-state index >= 15 is 0 Å². The molecular weight excluding hydrogens is 370 g/mol. The molecule has 0 saturated carbocycles. The number of para-hydroxylation sites is 1. The molecule has 1 aliphatic rings. The molecule has 8 nitrogen and oxygen atoms in total. The number of urea groups is 1. The summed E-state index contributed by atoms with van der Waals surface area (Å²) in [6.07, 6.45) is -1.17. The molecule has 0 spiro atoms. The fourth-order valence-electron chi connectivity index (χ4n) is 2.42. The second-order valence-electron chi connectivity index (χ2n) is 6.30. The highest BCUT2D eigenvalue weighted by molar-refractivity contribution is 8.00. The Balaban J connectivity index is 1.84. The van der Waals surface area contributed by atoms with Crippen molar-refractivity contribution in [3.8, 4) is 0 Å². The number of benzene rings is 1. The third kappa shape index (κ3) is 5.99. The van der Waals surface area contributed by atoms with E-state index in [-0.39, 0.29) is 24.9 Å². The minimum atomic E-state index is -1.12. The number of anilines is 1. The highest BCUT2D eigenvalue weighted by Gasteiger charge is 2.26. The van der Waals surface area contributed by atoms with Gasteiger partial charge in [0.15, 0.2) is 6.10 Å². The van der Waals surface area contributed by atoms with E-state index in [0.29, 0.717) is 5.75 Å². The van der Waals surface area contributed by atoms with Crippen molar-refractivity contribution in [2.45, 2.75) is 44.2 Å². The van der Waals surface area contributed by atoms with Crippen LogP contribution in [-0.4, -0.2) is 48.3 Å². The molecule has 0 fully saturated rings. The summed E-state index contributed by atoms with van der Waals surface area (Å²) in [5.74, 6) is -1.10. The zero-order valence-corrected chi connectivity index (χ0v) is 16.3. The maximum atomic E-state index is 12.2. The monoisotopic (exact) mass is 393 g/mol. The molecule has 1 atom stereocenters. The molecule has 0 aromatic heterocycles. The number of rotatable bonds is 6. The summed E-state index contributed by atoms with van der Waals surface area (Å²) in [6, 6.07) is 6.70. The van der Waals surface area contributed by atoms with Crippen molar-refractivity contribution < 1.29 is 23.9 Å². The average molecular weight is 393 g/mol. The molecule has 4 amide bonds. The largest absolute Gasteiger partial charge is 0.452 e. The maximum absolute atomic E-state index is 12.2. The lowest BCUT2D eigenvalue weighted by Gasteiger charge is -2.28. The molecule has 27 heavy (non-hydrogen) atoms. The fraction of sp³-hybridized carbons (Fsp3) is 0.444. The first-order valence-corrected chi connectivity index (χ1v) is 9.59. The summed E-state index contributed by atoms with van der Waals surface area (Å²) < 4.78 is 5.06. The predicted octanol–water partition coefficient (Wildman–Crippen LogP) is 1.68. The number of thioether (sulfide) groups is 1. The summed E-state index contributed by atoms with van der Waals surface area (Å²) in [5.41, 5.74) is 0.766. The number of carbonyl (C=O) groups excluding carboxylic acids is 4. The number of esters is 1. The van der Waals surface area contributed by atoms with E-state index in [1.54, 1.807) is 18.7 Å². The lowest BCUT2D eigenvalue weighted by atomic mass is 10.2. The van der Waals surface area contributed by atoms with Gasteiger partial charge < -0.3 is 15.0 Å². The standard InChI is InChI=1S/C18H23N3O5S/c1-11(2)19-18(25)20-17(24)12(3)26-16(23)8-9-21-13-6-4-5-7-14(13)27-10-15(21)22/h4-7,11-12H,8-10H2,1-3H3,(H2,19,20,24,25)/t12-/m0/s1. The van der Waals surface area contributed by atoms with Gasteiger partial charge in [0.05, 0.1) is 17.9 Å². The zero-order valence-electron chi connectivity index (χ0n) is 15.5. The Bertz CT molecular complexity index is 737. The van der Waals surface area contributed by atoms with Crippen LogP contribution in [0.25, 0.3) is 0 Å². The first-order chi connectivity index (χ1) is 12.8. The highest BCUT2D eigenvalue weighted by Crippen LogP contribution is 2.34. The summed E-state index contributed by atoms with van der Waals surface area (Å²) >= 11 is 1.46. The highest BCUT2D eigenvalue weighted by atomic mass is 32.2. The Kier molecular flexibility index (Phi) is 7.23. The van der Waals surface area contributed by atoms with Crippen LogP contribution in [-0.2, 0) is 19.1 Å². The molecule has 1 heterocycles. The number of hydrogen-bond donors (Lipinski definition) is 2. The molecule has 9 heteroatoms. The normalized spacial score (nSPS) is 14.4. The smallest absolute Gasteiger partial charge is 0.321 e. The second kappa shape index (κ2) is 9.40. The van der Waals surface area contributed by atoms with Gasteiger partial charge in [0, 0.05) is 17.5 Å². The molecule has 2 rings (SSSR count). The van der Waals surface area contributed by atoms with Crippen LogP contribution in [0.1, 0.15) is 27.2 Å².